The summed E-state index contributed by atoms with van der Waals surface area (Å²) in [7, 11) is 2.16. The lowest BCUT2D eigenvalue weighted by Gasteiger charge is -2.23. The van der Waals surface area contributed by atoms with Crippen molar-refractivity contribution >= 4 is 11.6 Å². The molecule has 1 N–H and O–H groups in total. The first-order chi connectivity index (χ1) is 8.13. The molecule has 1 saturated heterocycles. The summed E-state index contributed by atoms with van der Waals surface area (Å²) < 4.78 is 2.01. The highest BCUT2D eigenvalue weighted by Gasteiger charge is 2.22. The van der Waals surface area contributed by atoms with Crippen molar-refractivity contribution in [3.8, 4) is 0 Å². The zero-order valence-corrected chi connectivity index (χ0v) is 11.6. The first-order valence-electron chi connectivity index (χ1n) is 6.26. The minimum Gasteiger partial charge on any atom is -0.315 e. The Hall–Kier alpha value is -0.580. The van der Waals surface area contributed by atoms with E-state index in [0.717, 1.165) is 42.6 Å². The molecule has 0 aromatic carbocycles. The van der Waals surface area contributed by atoms with Crippen LogP contribution in [0.5, 0.6) is 0 Å². The lowest BCUT2D eigenvalue weighted by Crippen LogP contribution is -2.33. The second kappa shape index (κ2) is 5.38. The molecular formula is C12H21ClN4. The summed E-state index contributed by atoms with van der Waals surface area (Å²) in [6.45, 7) is 8.01. The molecule has 4 nitrogen and oxygen atoms in total. The van der Waals surface area contributed by atoms with Crippen LogP contribution in [-0.4, -0.2) is 40.9 Å². The molecule has 1 fully saturated rings. The molecule has 1 aliphatic heterocycles. The maximum atomic E-state index is 6.32. The Balaban J connectivity index is 2.11. The van der Waals surface area contributed by atoms with Crippen LogP contribution in [0, 0.1) is 6.92 Å². The quantitative estimate of drug-likeness (QED) is 0.890. The van der Waals surface area contributed by atoms with Gasteiger partial charge in [-0.15, -0.1) is 0 Å². The largest absolute Gasteiger partial charge is 0.315 e. The van der Waals surface area contributed by atoms with Crippen molar-refractivity contribution in [1.29, 1.82) is 0 Å². The normalized spacial score (nSPS) is 20.4. The first kappa shape index (κ1) is 12.9. The zero-order chi connectivity index (χ0) is 12.4. The number of hydrogen-bond donors (Lipinski definition) is 1. The summed E-state index contributed by atoms with van der Waals surface area (Å²) in [5, 5.41) is 8.66. The number of aryl methyl sites for hydroxylation is 2. The van der Waals surface area contributed by atoms with E-state index in [1.54, 1.807) is 0 Å². The van der Waals surface area contributed by atoms with Gasteiger partial charge in [-0.05, 0) is 33.9 Å². The molecule has 5 heteroatoms. The van der Waals surface area contributed by atoms with E-state index in [9.17, 15) is 0 Å². The molecule has 17 heavy (non-hydrogen) atoms. The van der Waals surface area contributed by atoms with E-state index >= 15 is 0 Å². The molecule has 2 rings (SSSR count). The summed E-state index contributed by atoms with van der Waals surface area (Å²) in [5.74, 6) is 0. The van der Waals surface area contributed by atoms with Gasteiger partial charge in [0, 0.05) is 25.7 Å². The smallest absolute Gasteiger partial charge is 0.0860 e. The molecule has 0 saturated carbocycles. The summed E-state index contributed by atoms with van der Waals surface area (Å²) in [5.41, 5.74) is 2.07. The molecule has 96 valence electrons. The van der Waals surface area contributed by atoms with E-state index in [1.165, 1.54) is 6.42 Å². The highest BCUT2D eigenvalue weighted by molar-refractivity contribution is 6.31. The molecule has 1 atom stereocenters. The molecule has 0 radical (unpaired) electrons. The van der Waals surface area contributed by atoms with Crippen molar-refractivity contribution < 1.29 is 0 Å². The SMILES string of the molecule is CCn1nc(C)c(Cl)c1CN(C)C1CCNC1. The number of hydrogen-bond acceptors (Lipinski definition) is 3. The first-order valence-corrected chi connectivity index (χ1v) is 6.64. The fourth-order valence-corrected chi connectivity index (χ4v) is 2.60. The maximum absolute atomic E-state index is 6.32. The minimum atomic E-state index is 0.617. The number of likely N-dealkylation sites (N-methyl/N-ethyl adjacent to an activating group) is 1. The van der Waals surface area contributed by atoms with Crippen LogP contribution >= 0.6 is 11.6 Å². The van der Waals surface area contributed by atoms with Crippen LogP contribution in [0.25, 0.3) is 0 Å². The lowest BCUT2D eigenvalue weighted by atomic mass is 10.2. The summed E-state index contributed by atoms with van der Waals surface area (Å²) >= 11 is 6.32. The highest BCUT2D eigenvalue weighted by atomic mass is 35.5. The average molecular weight is 257 g/mol. The van der Waals surface area contributed by atoms with Gasteiger partial charge < -0.3 is 5.32 Å². The van der Waals surface area contributed by atoms with E-state index in [1.807, 2.05) is 11.6 Å². The van der Waals surface area contributed by atoms with Crippen molar-refractivity contribution in [2.75, 3.05) is 20.1 Å². The van der Waals surface area contributed by atoms with E-state index in [0.29, 0.717) is 6.04 Å². The van der Waals surface area contributed by atoms with Gasteiger partial charge in [0.2, 0.25) is 0 Å². The highest BCUT2D eigenvalue weighted by Crippen LogP contribution is 2.22. The van der Waals surface area contributed by atoms with Gasteiger partial charge in [-0.3, -0.25) is 9.58 Å². The fraction of sp³-hybridized carbons (Fsp3) is 0.750. The summed E-state index contributed by atoms with van der Waals surface area (Å²) in [6, 6.07) is 0.617. The minimum absolute atomic E-state index is 0.617. The Labute approximate surface area is 108 Å². The third-order valence-electron chi connectivity index (χ3n) is 3.51. The van der Waals surface area contributed by atoms with Crippen molar-refractivity contribution in [2.45, 2.75) is 39.4 Å². The van der Waals surface area contributed by atoms with Crippen molar-refractivity contribution in [3.63, 3.8) is 0 Å². The topological polar surface area (TPSA) is 33.1 Å². The van der Waals surface area contributed by atoms with Crippen LogP contribution in [0.3, 0.4) is 0 Å². The van der Waals surface area contributed by atoms with E-state index in [2.05, 4.69) is 29.3 Å². The monoisotopic (exact) mass is 256 g/mol. The number of halogens is 1. The van der Waals surface area contributed by atoms with E-state index in [4.69, 9.17) is 11.6 Å². The van der Waals surface area contributed by atoms with E-state index in [-0.39, 0.29) is 0 Å². The Bertz CT molecular complexity index is 382. The molecule has 1 aromatic rings. The van der Waals surface area contributed by atoms with Gasteiger partial charge in [-0.2, -0.15) is 5.10 Å². The zero-order valence-electron chi connectivity index (χ0n) is 10.8. The Morgan fingerprint density at radius 1 is 1.59 bits per heavy atom. The molecule has 0 amide bonds. The lowest BCUT2D eigenvalue weighted by molar-refractivity contribution is 0.241. The van der Waals surface area contributed by atoms with Crippen LogP contribution in [0.2, 0.25) is 5.02 Å². The van der Waals surface area contributed by atoms with Crippen LogP contribution in [0.4, 0.5) is 0 Å². The molecule has 0 aliphatic carbocycles. The van der Waals surface area contributed by atoms with E-state index < -0.39 is 0 Å². The van der Waals surface area contributed by atoms with Gasteiger partial charge in [-0.1, -0.05) is 11.6 Å². The van der Waals surface area contributed by atoms with Gasteiger partial charge in [0.1, 0.15) is 0 Å². The summed E-state index contributed by atoms with van der Waals surface area (Å²) in [4.78, 5) is 2.37. The van der Waals surface area contributed by atoms with Crippen LogP contribution in [0.1, 0.15) is 24.7 Å². The predicted octanol–water partition coefficient (Wildman–Crippen LogP) is 1.66. The molecule has 1 aromatic heterocycles. The van der Waals surface area contributed by atoms with Gasteiger partial charge in [0.05, 0.1) is 16.4 Å². The third-order valence-corrected chi connectivity index (χ3v) is 4.00. The van der Waals surface area contributed by atoms with Gasteiger partial charge in [0.25, 0.3) is 0 Å². The van der Waals surface area contributed by atoms with Crippen molar-refractivity contribution in [2.24, 2.45) is 0 Å². The number of nitrogens with zero attached hydrogens (tertiary/aromatic N) is 3. The van der Waals surface area contributed by atoms with Gasteiger partial charge >= 0.3 is 0 Å². The molecule has 2 heterocycles. The van der Waals surface area contributed by atoms with Crippen LogP contribution in [0.15, 0.2) is 0 Å². The molecular weight excluding hydrogens is 236 g/mol. The molecule has 1 aliphatic rings. The van der Waals surface area contributed by atoms with Crippen LogP contribution < -0.4 is 5.32 Å². The Morgan fingerprint density at radius 2 is 2.35 bits per heavy atom. The van der Waals surface area contributed by atoms with Gasteiger partial charge in [0.15, 0.2) is 0 Å². The second-order valence-corrected chi connectivity index (χ2v) is 5.10. The predicted molar refractivity (Wildman–Crippen MR) is 70.4 cm³/mol. The number of rotatable bonds is 4. The second-order valence-electron chi connectivity index (χ2n) is 4.72. The molecule has 1 unspecified atom stereocenters. The van der Waals surface area contributed by atoms with Gasteiger partial charge in [-0.25, -0.2) is 0 Å². The standard InChI is InChI=1S/C12H21ClN4/c1-4-17-11(12(13)9(2)15-17)8-16(3)10-5-6-14-7-10/h10,14H,4-8H2,1-3H3. The number of nitrogens with one attached hydrogen (secondary N) is 1. The Kier molecular flexibility index (Phi) is 4.07. The third kappa shape index (κ3) is 2.64. The van der Waals surface area contributed by atoms with Crippen LogP contribution in [-0.2, 0) is 13.1 Å². The van der Waals surface area contributed by atoms with Crippen molar-refractivity contribution in [3.05, 3.63) is 16.4 Å². The molecule has 0 spiro atoms. The average Bonchev–Trinajstić information content (AvgIpc) is 2.92. The molecule has 0 bridgehead atoms. The Morgan fingerprint density at radius 3 is 2.94 bits per heavy atom. The number of aromatic nitrogens is 2. The maximum Gasteiger partial charge on any atom is 0.0860 e. The fourth-order valence-electron chi connectivity index (χ4n) is 2.40. The van der Waals surface area contributed by atoms with Crippen molar-refractivity contribution in [1.82, 2.24) is 20.0 Å². The summed E-state index contributed by atoms with van der Waals surface area (Å²) in [6.07, 6.45) is 1.22.